The van der Waals surface area contributed by atoms with Crippen molar-refractivity contribution < 1.29 is 38.7 Å². The first-order valence-corrected chi connectivity index (χ1v) is 12.6. The maximum atomic E-state index is 13.7. The van der Waals surface area contributed by atoms with E-state index in [-0.39, 0.29) is 24.3 Å². The third-order valence-corrected chi connectivity index (χ3v) is 6.68. The van der Waals surface area contributed by atoms with Crippen molar-refractivity contribution >= 4 is 35.2 Å². The molecule has 0 radical (unpaired) electrons. The number of amides is 4. The molecule has 0 spiro atoms. The molecule has 2 aliphatic heterocycles. The molecule has 0 bridgehead atoms. The van der Waals surface area contributed by atoms with Crippen molar-refractivity contribution in [2.75, 3.05) is 32.1 Å². The van der Waals surface area contributed by atoms with E-state index in [4.69, 9.17) is 9.47 Å². The SMILES string of the molecule is COc1ccc(NC(=O)N2CCN(C(=O)C3CCCO3)C2C(=O)NC(CC(=O)O)c2cccc([N+](=O)[O-])c2)cc1. The summed E-state index contributed by atoms with van der Waals surface area (Å²) in [4.78, 5) is 65.0. The van der Waals surface area contributed by atoms with E-state index in [2.05, 4.69) is 10.6 Å². The number of aliphatic carboxylic acids is 1. The first-order chi connectivity index (χ1) is 19.2. The van der Waals surface area contributed by atoms with E-state index >= 15 is 0 Å². The number of rotatable bonds is 9. The maximum absolute atomic E-state index is 13.7. The predicted molar refractivity (Wildman–Crippen MR) is 139 cm³/mol. The highest BCUT2D eigenvalue weighted by Gasteiger charge is 2.45. The van der Waals surface area contributed by atoms with Crippen molar-refractivity contribution in [2.24, 2.45) is 0 Å². The number of carboxylic acids is 1. The Kier molecular flexibility index (Phi) is 8.79. The zero-order valence-electron chi connectivity index (χ0n) is 21.6. The van der Waals surface area contributed by atoms with E-state index in [1.807, 2.05) is 0 Å². The second-order valence-electron chi connectivity index (χ2n) is 9.27. The molecule has 212 valence electrons. The fourth-order valence-corrected chi connectivity index (χ4v) is 4.71. The fraction of sp³-hybridized carbons (Fsp3) is 0.385. The highest BCUT2D eigenvalue weighted by Crippen LogP contribution is 2.26. The lowest BCUT2D eigenvalue weighted by Crippen LogP contribution is -2.56. The standard InChI is InChI=1S/C26H29N5O9/c1-39-19-9-7-17(8-10-19)27-26(36)30-12-11-29(25(35)21-6-3-13-40-21)24(30)23(34)28-20(15-22(32)33)16-4-2-5-18(14-16)31(37)38/h2,4-5,7-10,14,20-21,24H,3,6,11-13,15H2,1H3,(H,27,36)(H,28,34)(H,32,33). The van der Waals surface area contributed by atoms with Crippen LogP contribution in [0.5, 0.6) is 5.75 Å². The molecule has 0 aromatic heterocycles. The van der Waals surface area contributed by atoms with Crippen LogP contribution in [0.4, 0.5) is 16.2 Å². The lowest BCUT2D eigenvalue weighted by molar-refractivity contribution is -0.384. The summed E-state index contributed by atoms with van der Waals surface area (Å²) in [7, 11) is 1.51. The number of ether oxygens (including phenoxy) is 2. The van der Waals surface area contributed by atoms with Crippen LogP contribution in [0, 0.1) is 10.1 Å². The minimum atomic E-state index is -1.41. The molecule has 40 heavy (non-hydrogen) atoms. The van der Waals surface area contributed by atoms with Gasteiger partial charge >= 0.3 is 12.0 Å². The Hall–Kier alpha value is -4.72. The largest absolute Gasteiger partial charge is 0.497 e. The molecule has 2 aromatic carbocycles. The van der Waals surface area contributed by atoms with Crippen molar-refractivity contribution in [3.8, 4) is 5.75 Å². The number of hydrogen-bond acceptors (Lipinski definition) is 8. The molecular weight excluding hydrogens is 526 g/mol. The number of carbonyl (C=O) groups excluding carboxylic acids is 3. The maximum Gasteiger partial charge on any atom is 0.323 e. The lowest BCUT2D eigenvalue weighted by Gasteiger charge is -2.31. The predicted octanol–water partition coefficient (Wildman–Crippen LogP) is 2.12. The average molecular weight is 556 g/mol. The van der Waals surface area contributed by atoms with E-state index in [0.717, 1.165) is 0 Å². The zero-order valence-corrected chi connectivity index (χ0v) is 21.6. The van der Waals surface area contributed by atoms with Crippen LogP contribution < -0.4 is 15.4 Å². The molecule has 2 heterocycles. The quantitative estimate of drug-likeness (QED) is 0.308. The smallest absolute Gasteiger partial charge is 0.323 e. The van der Waals surface area contributed by atoms with Gasteiger partial charge in [0.05, 0.1) is 24.5 Å². The van der Waals surface area contributed by atoms with Gasteiger partial charge in [0.2, 0.25) is 0 Å². The van der Waals surface area contributed by atoms with Crippen LogP contribution in [0.25, 0.3) is 0 Å². The number of anilines is 1. The second kappa shape index (κ2) is 12.4. The van der Waals surface area contributed by atoms with Crippen molar-refractivity contribution in [3.05, 3.63) is 64.2 Å². The summed E-state index contributed by atoms with van der Waals surface area (Å²) < 4.78 is 10.6. The van der Waals surface area contributed by atoms with E-state index < -0.39 is 53.5 Å². The van der Waals surface area contributed by atoms with Crippen molar-refractivity contribution in [2.45, 2.75) is 37.6 Å². The van der Waals surface area contributed by atoms with Gasteiger partial charge in [0.25, 0.3) is 17.5 Å². The minimum Gasteiger partial charge on any atom is -0.497 e. The van der Waals surface area contributed by atoms with Gasteiger partial charge in [0.15, 0.2) is 6.17 Å². The van der Waals surface area contributed by atoms with Gasteiger partial charge in [-0.15, -0.1) is 0 Å². The summed E-state index contributed by atoms with van der Waals surface area (Å²) in [5, 5.41) is 26.0. The second-order valence-corrected chi connectivity index (χ2v) is 9.27. The van der Waals surface area contributed by atoms with Crippen LogP contribution in [0.2, 0.25) is 0 Å². The normalized spacial score (nSPS) is 19.1. The summed E-state index contributed by atoms with van der Waals surface area (Å²) in [6.07, 6.45) is -1.61. The Bertz CT molecular complexity index is 1280. The molecular formula is C26H29N5O9. The van der Waals surface area contributed by atoms with E-state index in [9.17, 15) is 34.4 Å². The first-order valence-electron chi connectivity index (χ1n) is 12.6. The van der Waals surface area contributed by atoms with Crippen LogP contribution in [0.1, 0.15) is 30.9 Å². The molecule has 2 fully saturated rings. The third-order valence-electron chi connectivity index (χ3n) is 6.68. The number of hydrogen-bond donors (Lipinski definition) is 3. The molecule has 2 aromatic rings. The number of nitrogens with zero attached hydrogens (tertiary/aromatic N) is 3. The molecule has 0 aliphatic carbocycles. The number of benzene rings is 2. The van der Waals surface area contributed by atoms with E-state index in [0.29, 0.717) is 30.9 Å². The summed E-state index contributed by atoms with van der Waals surface area (Å²) in [5.74, 6) is -1.95. The Morgan fingerprint density at radius 2 is 1.88 bits per heavy atom. The number of non-ortho nitro benzene ring substituents is 1. The Labute approximate surface area is 229 Å². The molecule has 3 unspecified atom stereocenters. The van der Waals surface area contributed by atoms with Gasteiger partial charge in [-0.25, -0.2) is 4.79 Å². The van der Waals surface area contributed by atoms with Crippen LogP contribution in [-0.4, -0.2) is 82.7 Å². The molecule has 14 nitrogen and oxygen atoms in total. The highest BCUT2D eigenvalue weighted by atomic mass is 16.6. The Morgan fingerprint density at radius 1 is 1.15 bits per heavy atom. The number of carbonyl (C=O) groups is 4. The summed E-state index contributed by atoms with van der Waals surface area (Å²) in [5.41, 5.74) is 0.335. The zero-order chi connectivity index (χ0) is 28.8. The topological polar surface area (TPSA) is 181 Å². The number of nitrogens with one attached hydrogen (secondary N) is 2. The molecule has 2 saturated heterocycles. The van der Waals surface area contributed by atoms with Gasteiger partial charge in [-0.2, -0.15) is 0 Å². The van der Waals surface area contributed by atoms with Gasteiger partial charge in [-0.3, -0.25) is 29.4 Å². The van der Waals surface area contributed by atoms with Crippen LogP contribution in [0.15, 0.2) is 48.5 Å². The molecule has 14 heteroatoms. The summed E-state index contributed by atoms with van der Waals surface area (Å²) >= 11 is 0. The number of carboxylic acid groups (broad SMARTS) is 1. The van der Waals surface area contributed by atoms with Crippen molar-refractivity contribution in [3.63, 3.8) is 0 Å². The minimum absolute atomic E-state index is 0.0267. The molecule has 2 aliphatic rings. The Morgan fingerprint density at radius 3 is 2.50 bits per heavy atom. The third kappa shape index (κ3) is 6.46. The van der Waals surface area contributed by atoms with E-state index in [1.165, 1.54) is 41.2 Å². The molecule has 4 rings (SSSR count). The van der Waals surface area contributed by atoms with Crippen LogP contribution >= 0.6 is 0 Å². The number of urea groups is 1. The number of nitro benzene ring substituents is 1. The van der Waals surface area contributed by atoms with Gasteiger partial charge in [0, 0.05) is 37.5 Å². The number of methoxy groups -OCH3 is 1. The Balaban J connectivity index is 1.61. The summed E-state index contributed by atoms with van der Waals surface area (Å²) in [6.45, 7) is 0.475. The van der Waals surface area contributed by atoms with Gasteiger partial charge in [-0.05, 0) is 42.7 Å². The molecule has 0 saturated carbocycles. The van der Waals surface area contributed by atoms with Gasteiger partial charge in [-0.1, -0.05) is 12.1 Å². The van der Waals surface area contributed by atoms with E-state index in [1.54, 1.807) is 24.3 Å². The van der Waals surface area contributed by atoms with Crippen LogP contribution in [-0.2, 0) is 19.1 Å². The first kappa shape index (κ1) is 28.3. The average Bonchev–Trinajstić information content (AvgIpc) is 3.63. The fourth-order valence-electron chi connectivity index (χ4n) is 4.71. The lowest BCUT2D eigenvalue weighted by atomic mass is 10.0. The molecule has 3 N–H and O–H groups in total. The van der Waals surface area contributed by atoms with Crippen molar-refractivity contribution in [1.82, 2.24) is 15.1 Å². The van der Waals surface area contributed by atoms with Gasteiger partial charge in [0.1, 0.15) is 11.9 Å². The van der Waals surface area contributed by atoms with Crippen molar-refractivity contribution in [1.29, 1.82) is 0 Å². The number of nitro groups is 1. The summed E-state index contributed by atoms with van der Waals surface area (Å²) in [6, 6.07) is 9.95. The highest BCUT2D eigenvalue weighted by molar-refractivity contribution is 5.97. The molecule has 3 atom stereocenters. The van der Waals surface area contributed by atoms with Gasteiger partial charge < -0.3 is 30.1 Å². The van der Waals surface area contributed by atoms with Crippen LogP contribution in [0.3, 0.4) is 0 Å². The monoisotopic (exact) mass is 555 g/mol. The molecule has 4 amide bonds.